The number of aromatic nitrogens is 3. The van der Waals surface area contributed by atoms with Gasteiger partial charge in [-0.1, -0.05) is 0 Å². The third-order valence-electron chi connectivity index (χ3n) is 2.40. The lowest BCUT2D eigenvalue weighted by molar-refractivity contribution is 0.253. The number of aliphatic hydroxyl groups excluding tert-OH is 1. The normalized spacial score (nSPS) is 13.7. The van der Waals surface area contributed by atoms with Crippen LogP contribution in [-0.4, -0.2) is 26.0 Å². The molecule has 0 aliphatic heterocycles. The molecule has 4 nitrogen and oxygen atoms in total. The molecule has 0 saturated carbocycles. The van der Waals surface area contributed by atoms with Gasteiger partial charge in [-0.05, 0) is 19.1 Å². The first kappa shape index (κ1) is 12.4. The number of aliphatic hydroxyl groups is 1. The predicted octanol–water partition coefficient (Wildman–Crippen LogP) is 1.94. The van der Waals surface area contributed by atoms with Crippen molar-refractivity contribution in [2.75, 3.05) is 0 Å². The zero-order chi connectivity index (χ0) is 13.1. The van der Waals surface area contributed by atoms with Gasteiger partial charge in [0.1, 0.15) is 24.3 Å². The van der Waals surface area contributed by atoms with Crippen molar-refractivity contribution in [3.8, 4) is 0 Å². The van der Waals surface area contributed by atoms with Crippen molar-refractivity contribution in [2.45, 2.75) is 13.0 Å². The molecule has 0 unspecified atom stereocenters. The summed E-state index contributed by atoms with van der Waals surface area (Å²) < 4.78 is 27.8. The van der Waals surface area contributed by atoms with E-state index in [0.29, 0.717) is 0 Å². The van der Waals surface area contributed by atoms with Gasteiger partial charge in [-0.25, -0.2) is 18.4 Å². The van der Waals surface area contributed by atoms with Crippen LogP contribution in [0, 0.1) is 11.6 Å². The maximum Gasteiger partial charge on any atom is 0.138 e. The van der Waals surface area contributed by atoms with E-state index in [4.69, 9.17) is 0 Å². The van der Waals surface area contributed by atoms with Gasteiger partial charge in [0.05, 0.1) is 6.10 Å². The van der Waals surface area contributed by atoms with Crippen LogP contribution >= 0.6 is 0 Å². The standard InChI is InChI=1S/C12H11F2N3O/c1-8(18)11(5-17-7-15-6-16-17)10-3-2-9(13)4-12(10)14/h2-8,18H,1H3/b11-5+/t8-/m1/s1. The van der Waals surface area contributed by atoms with E-state index in [-0.39, 0.29) is 11.1 Å². The van der Waals surface area contributed by atoms with Gasteiger partial charge in [0, 0.05) is 23.4 Å². The largest absolute Gasteiger partial charge is 0.389 e. The van der Waals surface area contributed by atoms with Crippen LogP contribution in [0.15, 0.2) is 30.9 Å². The Bertz CT molecular complexity index is 565. The molecule has 0 radical (unpaired) electrons. The van der Waals surface area contributed by atoms with Crippen LogP contribution < -0.4 is 0 Å². The highest BCUT2D eigenvalue weighted by molar-refractivity contribution is 5.77. The summed E-state index contributed by atoms with van der Waals surface area (Å²) in [5.74, 6) is -1.40. The molecule has 1 aromatic heterocycles. The number of benzene rings is 1. The molecule has 0 spiro atoms. The second-order valence-corrected chi connectivity index (χ2v) is 3.76. The van der Waals surface area contributed by atoms with Gasteiger partial charge in [0.2, 0.25) is 0 Å². The highest BCUT2D eigenvalue weighted by atomic mass is 19.1. The van der Waals surface area contributed by atoms with Crippen molar-refractivity contribution in [1.82, 2.24) is 14.8 Å². The highest BCUT2D eigenvalue weighted by Gasteiger charge is 2.14. The minimum atomic E-state index is -0.922. The Labute approximate surface area is 102 Å². The zero-order valence-electron chi connectivity index (χ0n) is 9.59. The molecule has 2 rings (SSSR count). The molecule has 1 aromatic carbocycles. The van der Waals surface area contributed by atoms with E-state index in [9.17, 15) is 13.9 Å². The van der Waals surface area contributed by atoms with Crippen molar-refractivity contribution in [2.24, 2.45) is 0 Å². The molecule has 6 heteroatoms. The first-order valence-electron chi connectivity index (χ1n) is 5.27. The van der Waals surface area contributed by atoms with E-state index in [1.54, 1.807) is 0 Å². The fraction of sp³-hybridized carbons (Fsp3) is 0.167. The molecule has 0 aliphatic carbocycles. The van der Waals surface area contributed by atoms with E-state index in [0.717, 1.165) is 12.1 Å². The van der Waals surface area contributed by atoms with Crippen LogP contribution in [0.4, 0.5) is 8.78 Å². The lowest BCUT2D eigenvalue weighted by Crippen LogP contribution is -2.07. The average molecular weight is 251 g/mol. The molecule has 94 valence electrons. The second-order valence-electron chi connectivity index (χ2n) is 3.76. The number of halogens is 2. The monoisotopic (exact) mass is 251 g/mol. The Morgan fingerprint density at radius 1 is 1.44 bits per heavy atom. The second kappa shape index (κ2) is 5.05. The van der Waals surface area contributed by atoms with Crippen molar-refractivity contribution in [1.29, 1.82) is 0 Å². The Hall–Kier alpha value is -2.08. The van der Waals surface area contributed by atoms with Crippen molar-refractivity contribution in [3.05, 3.63) is 48.1 Å². The maximum atomic E-state index is 13.7. The van der Waals surface area contributed by atoms with Gasteiger partial charge >= 0.3 is 0 Å². The van der Waals surface area contributed by atoms with E-state index in [1.807, 2.05) is 0 Å². The lowest BCUT2D eigenvalue weighted by Gasteiger charge is -2.11. The summed E-state index contributed by atoms with van der Waals surface area (Å²) >= 11 is 0. The number of hydrogen-bond donors (Lipinski definition) is 1. The fourth-order valence-electron chi connectivity index (χ4n) is 1.55. The number of hydrogen-bond acceptors (Lipinski definition) is 3. The topological polar surface area (TPSA) is 50.9 Å². The van der Waals surface area contributed by atoms with Gasteiger partial charge in [-0.3, -0.25) is 0 Å². The third kappa shape index (κ3) is 2.60. The van der Waals surface area contributed by atoms with Gasteiger partial charge in [-0.15, -0.1) is 0 Å². The Morgan fingerprint density at radius 2 is 2.22 bits per heavy atom. The van der Waals surface area contributed by atoms with Crippen molar-refractivity contribution < 1.29 is 13.9 Å². The van der Waals surface area contributed by atoms with Crippen LogP contribution in [0.3, 0.4) is 0 Å². The molecule has 1 N–H and O–H groups in total. The molecule has 0 amide bonds. The van der Waals surface area contributed by atoms with Gasteiger partial charge in [-0.2, -0.15) is 5.10 Å². The lowest BCUT2D eigenvalue weighted by atomic mass is 10.0. The van der Waals surface area contributed by atoms with Crippen molar-refractivity contribution >= 4 is 11.8 Å². The van der Waals surface area contributed by atoms with Crippen molar-refractivity contribution in [3.63, 3.8) is 0 Å². The summed E-state index contributed by atoms with van der Waals surface area (Å²) in [5.41, 5.74) is 0.417. The van der Waals surface area contributed by atoms with Crippen LogP contribution in [-0.2, 0) is 0 Å². The first-order valence-corrected chi connectivity index (χ1v) is 5.27. The Balaban J connectivity index is 2.48. The van der Waals surface area contributed by atoms with Crippen LogP contribution in [0.1, 0.15) is 12.5 Å². The van der Waals surface area contributed by atoms with Crippen LogP contribution in [0.25, 0.3) is 11.8 Å². The minimum absolute atomic E-state index is 0.127. The molecular formula is C12H11F2N3O. The van der Waals surface area contributed by atoms with Gasteiger partial charge in [0.15, 0.2) is 0 Å². The zero-order valence-corrected chi connectivity index (χ0v) is 9.59. The molecule has 0 saturated heterocycles. The smallest absolute Gasteiger partial charge is 0.138 e. The molecule has 0 bridgehead atoms. The first-order chi connectivity index (χ1) is 8.58. The minimum Gasteiger partial charge on any atom is -0.389 e. The van der Waals surface area contributed by atoms with E-state index < -0.39 is 17.7 Å². The van der Waals surface area contributed by atoms with Gasteiger partial charge < -0.3 is 5.11 Å². The van der Waals surface area contributed by atoms with Crippen LogP contribution in [0.5, 0.6) is 0 Å². The Morgan fingerprint density at radius 3 is 2.78 bits per heavy atom. The summed E-state index contributed by atoms with van der Waals surface area (Å²) in [6.45, 7) is 1.49. The third-order valence-corrected chi connectivity index (χ3v) is 2.40. The summed E-state index contributed by atoms with van der Waals surface area (Å²) in [5, 5.41) is 13.5. The Kier molecular flexibility index (Phi) is 3.47. The molecule has 1 atom stereocenters. The van der Waals surface area contributed by atoms with Crippen LogP contribution in [0.2, 0.25) is 0 Å². The van der Waals surface area contributed by atoms with Gasteiger partial charge in [0.25, 0.3) is 0 Å². The van der Waals surface area contributed by atoms with E-state index >= 15 is 0 Å². The molecule has 1 heterocycles. The fourth-order valence-corrected chi connectivity index (χ4v) is 1.55. The maximum absolute atomic E-state index is 13.7. The summed E-state index contributed by atoms with van der Waals surface area (Å²) in [4.78, 5) is 3.74. The summed E-state index contributed by atoms with van der Waals surface area (Å²) in [7, 11) is 0. The molecule has 0 aliphatic rings. The predicted molar refractivity (Wildman–Crippen MR) is 62.2 cm³/mol. The number of rotatable bonds is 3. The summed E-state index contributed by atoms with van der Waals surface area (Å²) in [6.07, 6.45) is 3.24. The molecule has 0 fully saturated rings. The quantitative estimate of drug-likeness (QED) is 0.906. The molecule has 2 aromatic rings. The van der Waals surface area contributed by atoms with E-state index in [1.165, 1.54) is 36.5 Å². The summed E-state index contributed by atoms with van der Waals surface area (Å²) in [6, 6.07) is 3.18. The van der Waals surface area contributed by atoms with E-state index in [2.05, 4.69) is 10.1 Å². The highest BCUT2D eigenvalue weighted by Crippen LogP contribution is 2.23. The SMILES string of the molecule is C[C@@H](O)/C(=C\n1cncn1)c1ccc(F)cc1F. The molecular weight excluding hydrogens is 240 g/mol. The molecule has 18 heavy (non-hydrogen) atoms. The average Bonchev–Trinajstić information content (AvgIpc) is 2.79. The number of nitrogens with zero attached hydrogens (tertiary/aromatic N) is 3.